The van der Waals surface area contributed by atoms with Crippen LogP contribution in [0.5, 0.6) is 0 Å². The van der Waals surface area contributed by atoms with E-state index in [0.29, 0.717) is 24.7 Å². The van der Waals surface area contributed by atoms with Crippen LogP contribution in [-0.4, -0.2) is 64.3 Å². The summed E-state index contributed by atoms with van der Waals surface area (Å²) < 4.78 is 1.92. The number of fused-ring (bicyclic) bond motifs is 1. The lowest BCUT2D eigenvalue weighted by Crippen LogP contribution is -2.31. The van der Waals surface area contributed by atoms with Gasteiger partial charge in [-0.2, -0.15) is 5.10 Å². The molecule has 1 aliphatic rings. The molecule has 0 spiro atoms. The fourth-order valence-electron chi connectivity index (χ4n) is 2.68. The molecule has 0 unspecified atom stereocenters. The molecule has 1 amide bonds. The summed E-state index contributed by atoms with van der Waals surface area (Å²) in [7, 11) is 3.95. The Balaban J connectivity index is 1.69. The number of anilines is 1. The second-order valence-corrected chi connectivity index (χ2v) is 6.13. The summed E-state index contributed by atoms with van der Waals surface area (Å²) in [5.74, 6) is 0.587. The van der Waals surface area contributed by atoms with E-state index >= 15 is 0 Å². The summed E-state index contributed by atoms with van der Waals surface area (Å²) in [6.07, 6.45) is 4.43. The molecule has 2 aromatic heterocycles. The van der Waals surface area contributed by atoms with Gasteiger partial charge in [-0.25, -0.2) is 9.97 Å². The molecular formula is C16H23N7O. The zero-order chi connectivity index (χ0) is 16.9. The molecular weight excluding hydrogens is 306 g/mol. The predicted molar refractivity (Wildman–Crippen MR) is 90.8 cm³/mol. The maximum Gasteiger partial charge on any atom is 0.271 e. The van der Waals surface area contributed by atoms with Gasteiger partial charge < -0.3 is 15.1 Å². The molecule has 1 N–H and O–H groups in total. The SMILES string of the molecule is CN(C)CCNC(=O)c1cc2n(n1)CCCN(c1ncccn1)C2. The Bertz CT molecular complexity index is 683. The Morgan fingerprint density at radius 2 is 2.08 bits per heavy atom. The number of nitrogens with one attached hydrogen (secondary N) is 1. The van der Waals surface area contributed by atoms with E-state index in [4.69, 9.17) is 0 Å². The monoisotopic (exact) mass is 329 g/mol. The summed E-state index contributed by atoms with van der Waals surface area (Å²) in [5.41, 5.74) is 1.48. The van der Waals surface area contributed by atoms with Crippen LogP contribution in [-0.2, 0) is 13.1 Å². The minimum atomic E-state index is -0.125. The number of aryl methyl sites for hydroxylation is 1. The average Bonchev–Trinajstić information content (AvgIpc) is 2.87. The van der Waals surface area contributed by atoms with Gasteiger partial charge in [-0.15, -0.1) is 0 Å². The zero-order valence-corrected chi connectivity index (χ0v) is 14.1. The molecule has 0 atom stereocenters. The molecule has 0 radical (unpaired) electrons. The van der Waals surface area contributed by atoms with E-state index in [-0.39, 0.29) is 5.91 Å². The molecule has 8 heteroatoms. The van der Waals surface area contributed by atoms with Gasteiger partial charge in [0.05, 0.1) is 12.2 Å². The number of hydrogen-bond donors (Lipinski definition) is 1. The van der Waals surface area contributed by atoms with E-state index in [1.165, 1.54) is 0 Å². The van der Waals surface area contributed by atoms with Gasteiger partial charge in [0, 0.05) is 38.6 Å². The number of carbonyl (C=O) groups is 1. The molecule has 1 aliphatic heterocycles. The highest BCUT2D eigenvalue weighted by Gasteiger charge is 2.20. The number of hydrogen-bond acceptors (Lipinski definition) is 6. The third-order valence-corrected chi connectivity index (χ3v) is 3.93. The van der Waals surface area contributed by atoms with Gasteiger partial charge in [0.1, 0.15) is 0 Å². The van der Waals surface area contributed by atoms with E-state index in [0.717, 1.165) is 31.7 Å². The molecule has 2 aromatic rings. The summed E-state index contributed by atoms with van der Waals surface area (Å²) in [5, 5.41) is 7.36. The highest BCUT2D eigenvalue weighted by molar-refractivity contribution is 5.92. The first-order valence-electron chi connectivity index (χ1n) is 8.15. The number of carbonyl (C=O) groups excluding carboxylic acids is 1. The van der Waals surface area contributed by atoms with E-state index < -0.39 is 0 Å². The van der Waals surface area contributed by atoms with Gasteiger partial charge in [0.2, 0.25) is 5.95 Å². The maximum atomic E-state index is 12.2. The standard InChI is InChI=1S/C16H23N7O/c1-21(2)10-7-17-15(24)14-11-13-12-22(8-4-9-23(13)20-14)16-18-5-3-6-19-16/h3,5-6,11H,4,7-10,12H2,1-2H3,(H,17,24). The van der Waals surface area contributed by atoms with Crippen molar-refractivity contribution in [2.24, 2.45) is 0 Å². The van der Waals surface area contributed by atoms with Crippen LogP contribution in [0.25, 0.3) is 0 Å². The minimum absolute atomic E-state index is 0.125. The highest BCUT2D eigenvalue weighted by atomic mass is 16.1. The molecule has 0 aliphatic carbocycles. The molecule has 0 fully saturated rings. The second kappa shape index (κ2) is 7.39. The third-order valence-electron chi connectivity index (χ3n) is 3.93. The topological polar surface area (TPSA) is 79.2 Å². The van der Waals surface area contributed by atoms with Gasteiger partial charge in [-0.3, -0.25) is 9.48 Å². The van der Waals surface area contributed by atoms with Crippen LogP contribution in [0.15, 0.2) is 24.5 Å². The van der Waals surface area contributed by atoms with Crippen LogP contribution in [0, 0.1) is 0 Å². The lowest BCUT2D eigenvalue weighted by molar-refractivity contribution is 0.0945. The molecule has 3 heterocycles. The van der Waals surface area contributed by atoms with Crippen molar-refractivity contribution in [2.75, 3.05) is 38.6 Å². The largest absolute Gasteiger partial charge is 0.349 e. The van der Waals surface area contributed by atoms with Crippen LogP contribution >= 0.6 is 0 Å². The van der Waals surface area contributed by atoms with Crippen molar-refractivity contribution in [1.29, 1.82) is 0 Å². The van der Waals surface area contributed by atoms with Crippen molar-refractivity contribution < 1.29 is 4.79 Å². The second-order valence-electron chi connectivity index (χ2n) is 6.13. The Morgan fingerprint density at radius 3 is 2.83 bits per heavy atom. The van der Waals surface area contributed by atoms with Gasteiger partial charge >= 0.3 is 0 Å². The molecule has 0 saturated carbocycles. The zero-order valence-electron chi connectivity index (χ0n) is 14.1. The summed E-state index contributed by atoms with van der Waals surface area (Å²) >= 11 is 0. The summed E-state index contributed by atoms with van der Waals surface area (Å²) in [6, 6.07) is 3.67. The first-order valence-corrected chi connectivity index (χ1v) is 8.15. The Labute approximate surface area is 141 Å². The summed E-state index contributed by atoms with van der Waals surface area (Å²) in [6.45, 7) is 3.74. The Kier molecular flexibility index (Phi) is 5.05. The van der Waals surface area contributed by atoms with E-state index in [2.05, 4.69) is 25.3 Å². The molecule has 0 bridgehead atoms. The summed E-state index contributed by atoms with van der Waals surface area (Å²) in [4.78, 5) is 25.0. The number of amides is 1. The van der Waals surface area contributed by atoms with E-state index in [1.807, 2.05) is 35.8 Å². The van der Waals surface area contributed by atoms with Crippen LogP contribution in [0.3, 0.4) is 0 Å². The van der Waals surface area contributed by atoms with Gasteiger partial charge in [-0.1, -0.05) is 0 Å². The lowest BCUT2D eigenvalue weighted by atomic mass is 10.3. The Morgan fingerprint density at radius 1 is 1.29 bits per heavy atom. The van der Waals surface area contributed by atoms with Crippen molar-refractivity contribution in [3.05, 3.63) is 35.9 Å². The van der Waals surface area contributed by atoms with Crippen molar-refractivity contribution in [1.82, 2.24) is 30.0 Å². The van der Waals surface area contributed by atoms with E-state index in [9.17, 15) is 4.79 Å². The maximum absolute atomic E-state index is 12.2. The smallest absolute Gasteiger partial charge is 0.271 e. The van der Waals surface area contributed by atoms with Crippen molar-refractivity contribution in [3.63, 3.8) is 0 Å². The normalized spacial score (nSPS) is 14.4. The molecule has 3 rings (SSSR count). The molecule has 0 aromatic carbocycles. The molecule has 8 nitrogen and oxygen atoms in total. The Hall–Kier alpha value is -2.48. The van der Waals surface area contributed by atoms with Crippen molar-refractivity contribution >= 4 is 11.9 Å². The average molecular weight is 329 g/mol. The van der Waals surface area contributed by atoms with Crippen molar-refractivity contribution in [3.8, 4) is 0 Å². The quantitative estimate of drug-likeness (QED) is 0.854. The number of likely N-dealkylation sites (N-methyl/N-ethyl adjacent to an activating group) is 1. The third kappa shape index (κ3) is 3.88. The lowest BCUT2D eigenvalue weighted by Gasteiger charge is -2.19. The van der Waals surface area contributed by atoms with Gasteiger partial charge in [0.15, 0.2) is 5.69 Å². The van der Waals surface area contributed by atoms with Gasteiger partial charge in [0.25, 0.3) is 5.91 Å². The van der Waals surface area contributed by atoms with Crippen LogP contribution in [0.2, 0.25) is 0 Å². The molecule has 128 valence electrons. The van der Waals surface area contributed by atoms with Crippen molar-refractivity contribution in [2.45, 2.75) is 19.5 Å². The van der Waals surface area contributed by atoms with Crippen LogP contribution < -0.4 is 10.2 Å². The fraction of sp³-hybridized carbons (Fsp3) is 0.500. The predicted octanol–water partition coefficient (Wildman–Crippen LogP) is 0.375. The van der Waals surface area contributed by atoms with E-state index in [1.54, 1.807) is 12.4 Å². The van der Waals surface area contributed by atoms with Crippen LogP contribution in [0.4, 0.5) is 5.95 Å². The van der Waals surface area contributed by atoms with Gasteiger partial charge in [-0.05, 0) is 32.6 Å². The molecule has 24 heavy (non-hydrogen) atoms. The molecule has 0 saturated heterocycles. The number of aromatic nitrogens is 4. The number of rotatable bonds is 5. The number of nitrogens with zero attached hydrogens (tertiary/aromatic N) is 6. The van der Waals surface area contributed by atoms with Crippen LogP contribution in [0.1, 0.15) is 22.6 Å². The fourth-order valence-corrected chi connectivity index (χ4v) is 2.68. The first kappa shape index (κ1) is 16.4. The highest BCUT2D eigenvalue weighted by Crippen LogP contribution is 2.17. The first-order chi connectivity index (χ1) is 11.6. The minimum Gasteiger partial charge on any atom is -0.349 e.